The molecule has 0 spiro atoms. The fourth-order valence-corrected chi connectivity index (χ4v) is 2.66. The molecule has 0 aliphatic carbocycles. The van der Waals surface area contributed by atoms with Gasteiger partial charge < -0.3 is 20.4 Å². The molecule has 144 valence electrons. The van der Waals surface area contributed by atoms with Crippen molar-refractivity contribution in [2.45, 2.75) is 0 Å². The number of carbonyl (C=O) groups is 1. The average Bonchev–Trinajstić information content (AvgIpc) is 2.74. The summed E-state index contributed by atoms with van der Waals surface area (Å²) in [7, 11) is 1.50. The molecular weight excluding hydrogens is 355 g/mol. The molecule has 0 saturated carbocycles. The number of nitrogens with one attached hydrogen (secondary N) is 2. The van der Waals surface area contributed by atoms with Crippen LogP contribution in [0.4, 0.5) is 10.1 Å². The molecule has 4 N–H and O–H groups in total. The van der Waals surface area contributed by atoms with Crippen LogP contribution in [0.5, 0.6) is 0 Å². The molecule has 0 aliphatic rings. The summed E-state index contributed by atoms with van der Waals surface area (Å²) in [5.74, 6) is -0.290. The summed E-state index contributed by atoms with van der Waals surface area (Å²) in [5, 5.41) is 11.3. The van der Waals surface area contributed by atoms with Gasteiger partial charge in [-0.2, -0.15) is 0 Å². The molecule has 0 radical (unpaired) electrons. The van der Waals surface area contributed by atoms with Gasteiger partial charge in [0.25, 0.3) is 0 Å². The number of aldehydes is 1. The molecule has 3 rings (SSSR count). The number of aromatic nitrogens is 1. The molecule has 28 heavy (non-hydrogen) atoms. The number of pyridine rings is 1. The van der Waals surface area contributed by atoms with Crippen LogP contribution < -0.4 is 16.5 Å². The van der Waals surface area contributed by atoms with E-state index in [0.717, 1.165) is 28.7 Å². The molecule has 0 unspecified atom stereocenters. The lowest BCUT2D eigenvalue weighted by molar-refractivity contribution is -0.106. The smallest absolute Gasteiger partial charge is 0.139 e. The van der Waals surface area contributed by atoms with Gasteiger partial charge in [-0.25, -0.2) is 4.39 Å². The standard InChI is InChI=1S/C21H18FN3O.CH5N/c1-15(17-3-2-4-20(13-17)24-10-12-26)25-11-9-18(14-21(25)23)16-5-7-19(22)8-6-16;1-2/h2-9,11-14,23-24H,1,10H2;2H2,1H3. The molecule has 0 amide bonds. The van der Waals surface area contributed by atoms with E-state index in [4.69, 9.17) is 5.41 Å². The molecule has 2 aromatic carbocycles. The molecule has 0 fully saturated rings. The number of benzene rings is 2. The molecule has 1 aromatic heterocycles. The zero-order valence-corrected chi connectivity index (χ0v) is 15.7. The predicted octanol–water partition coefficient (Wildman–Crippen LogP) is 3.48. The van der Waals surface area contributed by atoms with E-state index in [9.17, 15) is 9.18 Å². The minimum Gasteiger partial charge on any atom is -0.378 e. The molecule has 3 aromatic rings. The number of rotatable bonds is 6. The minimum absolute atomic E-state index is 0.235. The van der Waals surface area contributed by atoms with Crippen molar-refractivity contribution in [1.82, 2.24) is 4.57 Å². The summed E-state index contributed by atoms with van der Waals surface area (Å²) in [6, 6.07) is 17.3. The molecule has 0 bridgehead atoms. The highest BCUT2D eigenvalue weighted by molar-refractivity contribution is 5.69. The van der Waals surface area contributed by atoms with E-state index in [1.807, 2.05) is 30.3 Å². The Morgan fingerprint density at radius 2 is 1.86 bits per heavy atom. The van der Waals surface area contributed by atoms with Crippen LogP contribution >= 0.6 is 0 Å². The van der Waals surface area contributed by atoms with Gasteiger partial charge in [0.1, 0.15) is 17.6 Å². The summed E-state index contributed by atoms with van der Waals surface area (Å²) >= 11 is 0. The van der Waals surface area contributed by atoms with Crippen molar-refractivity contribution in [3.63, 3.8) is 0 Å². The fourth-order valence-electron chi connectivity index (χ4n) is 2.66. The Morgan fingerprint density at radius 1 is 1.14 bits per heavy atom. The Labute approximate surface area is 163 Å². The first-order valence-corrected chi connectivity index (χ1v) is 8.66. The third kappa shape index (κ3) is 5.02. The number of nitrogens with two attached hydrogens (primary N) is 1. The van der Waals surface area contributed by atoms with Gasteiger partial charge in [0.2, 0.25) is 0 Å². The topological polar surface area (TPSA) is 83.9 Å². The lowest BCUT2D eigenvalue weighted by Gasteiger charge is -2.13. The lowest BCUT2D eigenvalue weighted by atomic mass is 10.1. The van der Waals surface area contributed by atoms with Crippen molar-refractivity contribution in [2.24, 2.45) is 5.73 Å². The van der Waals surface area contributed by atoms with Crippen molar-refractivity contribution in [2.75, 3.05) is 18.9 Å². The minimum atomic E-state index is -0.290. The molecule has 6 heteroatoms. The first kappa shape index (κ1) is 20.8. The maximum absolute atomic E-state index is 13.1. The van der Waals surface area contributed by atoms with Crippen LogP contribution in [0.25, 0.3) is 16.8 Å². The van der Waals surface area contributed by atoms with Crippen LogP contribution in [0.1, 0.15) is 5.56 Å². The molecule has 0 saturated heterocycles. The molecule has 0 aliphatic heterocycles. The average molecular weight is 378 g/mol. The summed E-state index contributed by atoms with van der Waals surface area (Å²) in [5.41, 5.74) is 8.75. The number of carbonyl (C=O) groups excluding carboxylic acids is 1. The zero-order valence-electron chi connectivity index (χ0n) is 15.7. The van der Waals surface area contributed by atoms with Crippen molar-refractivity contribution < 1.29 is 9.18 Å². The van der Waals surface area contributed by atoms with Gasteiger partial charge in [-0.15, -0.1) is 0 Å². The third-order valence-corrected chi connectivity index (χ3v) is 4.01. The molecule has 0 atom stereocenters. The van der Waals surface area contributed by atoms with Gasteiger partial charge in [0, 0.05) is 17.6 Å². The van der Waals surface area contributed by atoms with Gasteiger partial charge >= 0.3 is 0 Å². The lowest BCUT2D eigenvalue weighted by Crippen LogP contribution is -2.18. The summed E-state index contributed by atoms with van der Waals surface area (Å²) < 4.78 is 14.7. The highest BCUT2D eigenvalue weighted by Gasteiger charge is 2.06. The fraction of sp³-hybridized carbons (Fsp3) is 0.0909. The zero-order chi connectivity index (χ0) is 20.5. The third-order valence-electron chi connectivity index (χ3n) is 4.01. The van der Waals surface area contributed by atoms with Crippen LogP contribution in [0.15, 0.2) is 73.4 Å². The summed E-state index contributed by atoms with van der Waals surface area (Å²) in [4.78, 5) is 10.5. The van der Waals surface area contributed by atoms with E-state index in [0.29, 0.717) is 5.70 Å². The van der Waals surface area contributed by atoms with Crippen molar-refractivity contribution in [3.8, 4) is 11.1 Å². The van der Waals surface area contributed by atoms with Crippen molar-refractivity contribution in [1.29, 1.82) is 5.41 Å². The van der Waals surface area contributed by atoms with Gasteiger partial charge in [-0.05, 0) is 60.1 Å². The Kier molecular flexibility index (Phi) is 7.42. The number of anilines is 1. The highest BCUT2D eigenvalue weighted by atomic mass is 19.1. The highest BCUT2D eigenvalue weighted by Crippen LogP contribution is 2.21. The SMILES string of the molecule is C=C(c1cccc(NCC=O)c1)n1ccc(-c2ccc(F)cc2)cc1=N.CN. The van der Waals surface area contributed by atoms with E-state index < -0.39 is 0 Å². The normalized spacial score (nSPS) is 9.82. The number of halogens is 1. The summed E-state index contributed by atoms with van der Waals surface area (Å²) in [6.07, 6.45) is 2.57. The quantitative estimate of drug-likeness (QED) is 0.574. The predicted molar refractivity (Wildman–Crippen MR) is 111 cm³/mol. The van der Waals surface area contributed by atoms with Gasteiger partial charge in [-0.1, -0.05) is 30.8 Å². The Hall–Kier alpha value is -3.51. The van der Waals surface area contributed by atoms with E-state index >= 15 is 0 Å². The largest absolute Gasteiger partial charge is 0.378 e. The van der Waals surface area contributed by atoms with E-state index in [1.54, 1.807) is 29.0 Å². The Morgan fingerprint density at radius 3 is 2.50 bits per heavy atom. The van der Waals surface area contributed by atoms with Crippen LogP contribution in [-0.2, 0) is 4.79 Å². The monoisotopic (exact) mass is 378 g/mol. The van der Waals surface area contributed by atoms with Gasteiger partial charge in [-0.3, -0.25) is 5.41 Å². The second-order valence-electron chi connectivity index (χ2n) is 5.75. The van der Waals surface area contributed by atoms with Crippen LogP contribution in [0.3, 0.4) is 0 Å². The molecule has 1 heterocycles. The molecular formula is C22H23FN4O. The maximum atomic E-state index is 13.1. The Balaban J connectivity index is 0.00000136. The van der Waals surface area contributed by atoms with Crippen LogP contribution in [-0.4, -0.2) is 24.4 Å². The first-order chi connectivity index (χ1) is 13.6. The van der Waals surface area contributed by atoms with Crippen molar-refractivity contribution >= 4 is 17.7 Å². The second kappa shape index (κ2) is 9.99. The second-order valence-corrected chi connectivity index (χ2v) is 5.75. The maximum Gasteiger partial charge on any atom is 0.139 e. The summed E-state index contributed by atoms with van der Waals surface area (Å²) in [6.45, 7) is 4.32. The molecule has 5 nitrogen and oxygen atoms in total. The van der Waals surface area contributed by atoms with Gasteiger partial charge in [0.15, 0.2) is 0 Å². The van der Waals surface area contributed by atoms with Crippen LogP contribution in [0, 0.1) is 11.2 Å². The first-order valence-electron chi connectivity index (χ1n) is 8.66. The van der Waals surface area contributed by atoms with Crippen molar-refractivity contribution in [3.05, 3.63) is 90.3 Å². The van der Waals surface area contributed by atoms with E-state index in [2.05, 4.69) is 17.6 Å². The Bertz CT molecular complexity index is 1010. The number of hydrogen-bond acceptors (Lipinski definition) is 4. The van der Waals surface area contributed by atoms with Gasteiger partial charge in [0.05, 0.1) is 6.54 Å². The van der Waals surface area contributed by atoms with Crippen LogP contribution in [0.2, 0.25) is 0 Å². The number of hydrogen-bond donors (Lipinski definition) is 3. The number of nitrogens with zero attached hydrogens (tertiary/aromatic N) is 1. The van der Waals surface area contributed by atoms with E-state index in [1.165, 1.54) is 19.2 Å². The van der Waals surface area contributed by atoms with E-state index in [-0.39, 0.29) is 17.8 Å².